The molecule has 1 fully saturated rings. The van der Waals surface area contributed by atoms with Gasteiger partial charge in [0.05, 0.1) is 19.3 Å². The summed E-state index contributed by atoms with van der Waals surface area (Å²) in [6.07, 6.45) is 1.94. The number of hydrogen-bond donors (Lipinski definition) is 1. The summed E-state index contributed by atoms with van der Waals surface area (Å²) in [7, 11) is 0. The average molecular weight is 398 g/mol. The highest BCUT2D eigenvalue weighted by Crippen LogP contribution is 2.45. The van der Waals surface area contributed by atoms with E-state index in [1.807, 2.05) is 35.2 Å². The van der Waals surface area contributed by atoms with E-state index >= 15 is 0 Å². The van der Waals surface area contributed by atoms with Gasteiger partial charge in [0.25, 0.3) is 0 Å². The van der Waals surface area contributed by atoms with Crippen molar-refractivity contribution < 1.29 is 14.6 Å². The Kier molecular flexibility index (Phi) is 5.81. The summed E-state index contributed by atoms with van der Waals surface area (Å²) >= 11 is 6.00. The van der Waals surface area contributed by atoms with Gasteiger partial charge in [-0.15, -0.1) is 0 Å². The van der Waals surface area contributed by atoms with Crippen molar-refractivity contribution >= 4 is 17.5 Å². The number of morpholine rings is 1. The molecular weight excluding hydrogens is 374 g/mol. The van der Waals surface area contributed by atoms with Crippen molar-refractivity contribution in [2.24, 2.45) is 5.92 Å². The summed E-state index contributed by atoms with van der Waals surface area (Å²) in [5, 5.41) is 11.8. The molecule has 1 amide bonds. The lowest BCUT2D eigenvalue weighted by atomic mass is 9.82. The second-order valence-corrected chi connectivity index (χ2v) is 7.83. The van der Waals surface area contributed by atoms with E-state index in [0.29, 0.717) is 37.7 Å². The predicted molar refractivity (Wildman–Crippen MR) is 109 cm³/mol. The van der Waals surface area contributed by atoms with Crippen molar-refractivity contribution in [3.8, 4) is 0 Å². The highest BCUT2D eigenvalue weighted by Gasteiger charge is 2.38. The van der Waals surface area contributed by atoms with Crippen molar-refractivity contribution in [2.75, 3.05) is 26.3 Å². The molecule has 1 saturated heterocycles. The SMILES string of the molecule is O=C(C1=C[C@@H](c2ccccc2)[C@H]([C@@H](O)c2ccc(Cl)cc2)C1)N1CCOCC1. The predicted octanol–water partition coefficient (Wildman–Crippen LogP) is 3.96. The molecular formula is C23H24ClNO3. The molecule has 0 saturated carbocycles. The van der Waals surface area contributed by atoms with E-state index in [1.165, 1.54) is 0 Å². The summed E-state index contributed by atoms with van der Waals surface area (Å²) in [5.74, 6) is -0.0366. The number of rotatable bonds is 4. The third kappa shape index (κ3) is 4.00. The first kappa shape index (κ1) is 19.2. The number of benzene rings is 2. The fraction of sp³-hybridized carbons (Fsp3) is 0.348. The standard InChI is InChI=1S/C23H24ClNO3/c24-19-8-6-17(7-9-19)22(26)21-15-18(23(27)25-10-12-28-13-11-25)14-20(21)16-4-2-1-3-5-16/h1-9,14,20-22,26H,10-13,15H2/t20-,21+,22-/m0/s1. The number of carbonyl (C=O) groups excluding carboxylic acids is 1. The van der Waals surface area contributed by atoms with E-state index < -0.39 is 6.10 Å². The van der Waals surface area contributed by atoms with Crippen LogP contribution in [-0.4, -0.2) is 42.2 Å². The minimum Gasteiger partial charge on any atom is -0.388 e. The van der Waals surface area contributed by atoms with Crippen molar-refractivity contribution in [2.45, 2.75) is 18.4 Å². The Labute approximate surface area is 170 Å². The van der Waals surface area contributed by atoms with Crippen molar-refractivity contribution in [3.05, 3.63) is 82.4 Å². The first-order chi connectivity index (χ1) is 13.6. The van der Waals surface area contributed by atoms with Crippen LogP contribution < -0.4 is 0 Å². The van der Waals surface area contributed by atoms with E-state index in [2.05, 4.69) is 18.2 Å². The molecule has 3 atom stereocenters. The molecule has 0 aromatic heterocycles. The Morgan fingerprint density at radius 2 is 1.75 bits per heavy atom. The molecule has 0 bridgehead atoms. The minimum absolute atomic E-state index is 0.00753. The topological polar surface area (TPSA) is 49.8 Å². The minimum atomic E-state index is -0.672. The lowest BCUT2D eigenvalue weighted by molar-refractivity contribution is -0.131. The van der Waals surface area contributed by atoms with E-state index in [0.717, 1.165) is 16.7 Å². The van der Waals surface area contributed by atoms with Gasteiger partial charge in [0, 0.05) is 35.5 Å². The molecule has 1 heterocycles. The molecule has 28 heavy (non-hydrogen) atoms. The summed E-state index contributed by atoms with van der Waals surface area (Å²) in [6, 6.07) is 17.4. The Balaban J connectivity index is 1.61. The third-order valence-electron chi connectivity index (χ3n) is 5.67. The van der Waals surface area contributed by atoms with Gasteiger partial charge in [0.2, 0.25) is 5.91 Å². The highest BCUT2D eigenvalue weighted by atomic mass is 35.5. The Morgan fingerprint density at radius 3 is 2.43 bits per heavy atom. The van der Waals surface area contributed by atoms with Crippen LogP contribution in [0.2, 0.25) is 5.02 Å². The maximum atomic E-state index is 13.0. The molecule has 0 spiro atoms. The average Bonchev–Trinajstić information content (AvgIpc) is 3.20. The molecule has 0 unspecified atom stereocenters. The molecule has 2 aromatic rings. The number of allylic oxidation sites excluding steroid dienone is 1. The van der Waals surface area contributed by atoms with Gasteiger partial charge in [0.1, 0.15) is 0 Å². The van der Waals surface area contributed by atoms with Gasteiger partial charge in [-0.25, -0.2) is 0 Å². The monoisotopic (exact) mass is 397 g/mol. The van der Waals surface area contributed by atoms with Crippen LogP contribution in [-0.2, 0) is 9.53 Å². The van der Waals surface area contributed by atoms with Gasteiger partial charge in [-0.3, -0.25) is 4.79 Å². The van der Waals surface area contributed by atoms with Crippen LogP contribution in [0.25, 0.3) is 0 Å². The van der Waals surface area contributed by atoms with Crippen molar-refractivity contribution in [3.63, 3.8) is 0 Å². The number of aliphatic hydroxyl groups excluding tert-OH is 1. The third-order valence-corrected chi connectivity index (χ3v) is 5.92. The zero-order valence-corrected chi connectivity index (χ0v) is 16.4. The summed E-state index contributed by atoms with van der Waals surface area (Å²) in [6.45, 7) is 2.41. The van der Waals surface area contributed by atoms with Crippen LogP contribution in [0.3, 0.4) is 0 Å². The molecule has 4 nitrogen and oxygen atoms in total. The lowest BCUT2D eigenvalue weighted by Gasteiger charge is -2.28. The molecule has 2 aliphatic rings. The van der Waals surface area contributed by atoms with Crippen LogP contribution in [0.4, 0.5) is 0 Å². The summed E-state index contributed by atoms with van der Waals surface area (Å²) in [5.41, 5.74) is 2.72. The second-order valence-electron chi connectivity index (χ2n) is 7.40. The number of carbonyl (C=O) groups is 1. The van der Waals surface area contributed by atoms with Gasteiger partial charge in [-0.1, -0.05) is 60.1 Å². The van der Waals surface area contributed by atoms with Gasteiger partial charge in [-0.05, 0) is 29.7 Å². The molecule has 0 radical (unpaired) electrons. The van der Waals surface area contributed by atoms with Crippen LogP contribution in [0.1, 0.15) is 29.6 Å². The van der Waals surface area contributed by atoms with E-state index in [1.54, 1.807) is 12.1 Å². The Hall–Kier alpha value is -2.14. The fourth-order valence-electron chi connectivity index (χ4n) is 4.15. The molecule has 1 N–H and O–H groups in total. The first-order valence-corrected chi connectivity index (χ1v) is 10.1. The molecule has 5 heteroatoms. The number of ether oxygens (including phenoxy) is 1. The van der Waals surface area contributed by atoms with Gasteiger partial charge in [-0.2, -0.15) is 0 Å². The van der Waals surface area contributed by atoms with E-state index in [9.17, 15) is 9.90 Å². The Bertz CT molecular complexity index is 844. The first-order valence-electron chi connectivity index (χ1n) is 9.69. The van der Waals surface area contributed by atoms with E-state index in [-0.39, 0.29) is 17.7 Å². The number of hydrogen-bond acceptors (Lipinski definition) is 3. The number of amides is 1. The normalized spacial score (nSPS) is 23.4. The number of nitrogens with zero attached hydrogens (tertiary/aromatic N) is 1. The maximum Gasteiger partial charge on any atom is 0.249 e. The summed E-state index contributed by atoms with van der Waals surface area (Å²) in [4.78, 5) is 14.9. The van der Waals surface area contributed by atoms with Crippen LogP contribution in [0.5, 0.6) is 0 Å². The fourth-order valence-corrected chi connectivity index (χ4v) is 4.28. The molecule has 146 valence electrons. The van der Waals surface area contributed by atoms with Gasteiger partial charge >= 0.3 is 0 Å². The van der Waals surface area contributed by atoms with Crippen LogP contribution >= 0.6 is 11.6 Å². The number of aliphatic hydroxyl groups is 1. The maximum absolute atomic E-state index is 13.0. The van der Waals surface area contributed by atoms with Crippen LogP contribution in [0.15, 0.2) is 66.2 Å². The van der Waals surface area contributed by atoms with Crippen LogP contribution in [0, 0.1) is 5.92 Å². The number of halogens is 1. The quantitative estimate of drug-likeness (QED) is 0.849. The Morgan fingerprint density at radius 1 is 1.07 bits per heavy atom. The zero-order valence-electron chi connectivity index (χ0n) is 15.6. The summed E-state index contributed by atoms with van der Waals surface area (Å²) < 4.78 is 5.37. The van der Waals surface area contributed by atoms with Gasteiger partial charge < -0.3 is 14.7 Å². The molecule has 2 aromatic carbocycles. The van der Waals surface area contributed by atoms with Crippen molar-refractivity contribution in [1.29, 1.82) is 0 Å². The van der Waals surface area contributed by atoms with E-state index in [4.69, 9.17) is 16.3 Å². The highest BCUT2D eigenvalue weighted by molar-refractivity contribution is 6.30. The largest absolute Gasteiger partial charge is 0.388 e. The second kappa shape index (κ2) is 8.48. The van der Waals surface area contributed by atoms with Gasteiger partial charge in [0.15, 0.2) is 0 Å². The molecule has 1 aliphatic heterocycles. The smallest absolute Gasteiger partial charge is 0.249 e. The zero-order chi connectivity index (χ0) is 19.5. The molecule has 4 rings (SSSR count). The lowest BCUT2D eigenvalue weighted by Crippen LogP contribution is -2.41. The molecule has 1 aliphatic carbocycles. The van der Waals surface area contributed by atoms with Crippen molar-refractivity contribution in [1.82, 2.24) is 4.90 Å².